The van der Waals surface area contributed by atoms with E-state index in [0.717, 1.165) is 77.8 Å². The summed E-state index contributed by atoms with van der Waals surface area (Å²) in [5, 5.41) is 2.17. The van der Waals surface area contributed by atoms with Crippen LogP contribution in [0.15, 0.2) is 211 Å². The summed E-state index contributed by atoms with van der Waals surface area (Å²) in [7, 11) is 0. The lowest BCUT2D eigenvalue weighted by molar-refractivity contribution is 0.669. The molecule has 0 unspecified atom stereocenters. The Kier molecular flexibility index (Phi) is 8.16. The summed E-state index contributed by atoms with van der Waals surface area (Å²) >= 11 is 0. The van der Waals surface area contributed by atoms with Gasteiger partial charge in [0.2, 0.25) is 0 Å². The quantitative estimate of drug-likeness (QED) is 0.166. The molecule has 0 aliphatic rings. The SMILES string of the molecule is c1ccc(-c2ccc(-c3cc(-c4ccccc4)cc(-c4cc(-c5ccc(-c6ccccc6)cc5)nc(-c5ccc6c(c5)oc5ccccc56)n4)c3)cc2)cc1. The van der Waals surface area contributed by atoms with E-state index in [1.807, 2.05) is 24.3 Å². The molecule has 0 bridgehead atoms. The summed E-state index contributed by atoms with van der Waals surface area (Å²) in [5.74, 6) is 0.640. The maximum absolute atomic E-state index is 6.31. The average Bonchev–Trinajstić information content (AvgIpc) is 3.65. The number of furan rings is 1. The third-order valence-electron chi connectivity index (χ3n) is 10.3. The molecule has 10 aromatic rings. The predicted octanol–water partition coefficient (Wildman–Crippen LogP) is 14.0. The first-order chi connectivity index (χ1) is 27.2. The Bertz CT molecular complexity index is 2930. The van der Waals surface area contributed by atoms with Gasteiger partial charge in [-0.25, -0.2) is 9.97 Å². The Balaban J connectivity index is 1.13. The zero-order valence-electron chi connectivity index (χ0n) is 29.9. The molecule has 0 amide bonds. The Labute approximate surface area is 319 Å². The Hall–Kier alpha value is -7.36. The van der Waals surface area contributed by atoms with Crippen LogP contribution in [0.4, 0.5) is 0 Å². The highest BCUT2D eigenvalue weighted by molar-refractivity contribution is 6.05. The molecule has 0 aliphatic carbocycles. The minimum atomic E-state index is 0.640. The van der Waals surface area contributed by atoms with Gasteiger partial charge in [0.05, 0.1) is 11.4 Å². The van der Waals surface area contributed by atoms with Crippen molar-refractivity contribution < 1.29 is 4.42 Å². The lowest BCUT2D eigenvalue weighted by atomic mass is 9.93. The van der Waals surface area contributed by atoms with Gasteiger partial charge in [-0.2, -0.15) is 0 Å². The molecule has 0 radical (unpaired) electrons. The molecule has 0 spiro atoms. The van der Waals surface area contributed by atoms with Gasteiger partial charge in [-0.1, -0.05) is 164 Å². The highest BCUT2D eigenvalue weighted by atomic mass is 16.3. The van der Waals surface area contributed by atoms with Crippen molar-refractivity contribution in [2.24, 2.45) is 0 Å². The second-order valence-electron chi connectivity index (χ2n) is 13.8. The summed E-state index contributed by atoms with van der Waals surface area (Å²) in [4.78, 5) is 10.5. The Morgan fingerprint density at radius 2 is 0.655 bits per heavy atom. The predicted molar refractivity (Wildman–Crippen MR) is 227 cm³/mol. The summed E-state index contributed by atoms with van der Waals surface area (Å²) in [6.07, 6.45) is 0. The zero-order chi connectivity index (χ0) is 36.6. The Morgan fingerprint density at radius 1 is 0.255 bits per heavy atom. The van der Waals surface area contributed by atoms with E-state index < -0.39 is 0 Å². The number of rotatable bonds is 7. The van der Waals surface area contributed by atoms with E-state index in [9.17, 15) is 0 Å². The molecule has 0 fully saturated rings. The first-order valence-corrected chi connectivity index (χ1v) is 18.6. The highest BCUT2D eigenvalue weighted by Gasteiger charge is 2.16. The number of para-hydroxylation sites is 1. The molecular weight excluding hydrogens is 669 g/mol. The van der Waals surface area contributed by atoms with Crippen LogP contribution >= 0.6 is 0 Å². The topological polar surface area (TPSA) is 38.9 Å². The van der Waals surface area contributed by atoms with Crippen molar-refractivity contribution in [1.82, 2.24) is 9.97 Å². The van der Waals surface area contributed by atoms with Gasteiger partial charge >= 0.3 is 0 Å². The van der Waals surface area contributed by atoms with Crippen molar-refractivity contribution in [1.29, 1.82) is 0 Å². The molecule has 0 saturated heterocycles. The number of hydrogen-bond donors (Lipinski definition) is 0. The van der Waals surface area contributed by atoms with Crippen LogP contribution in [0.1, 0.15) is 0 Å². The van der Waals surface area contributed by atoms with Gasteiger partial charge in [0.15, 0.2) is 5.82 Å². The number of fused-ring (bicyclic) bond motifs is 3. The van der Waals surface area contributed by atoms with Crippen LogP contribution in [0.2, 0.25) is 0 Å². The molecule has 3 heteroatoms. The monoisotopic (exact) mass is 702 g/mol. The number of benzene rings is 8. The minimum absolute atomic E-state index is 0.640. The standard InChI is InChI=1S/C52H34N2O/c1-4-12-35(13-5-1)38-20-22-40(23-21-38)44-30-43(37-16-8-3-9-17-37)31-45(32-44)49-34-48(41-26-24-39(25-27-41)36-14-6-2-7-15-36)53-52(54-49)42-28-29-47-46-18-10-11-19-50(46)55-51(47)33-42/h1-34H. The molecule has 2 heterocycles. The lowest BCUT2D eigenvalue weighted by Crippen LogP contribution is -1.97. The number of aromatic nitrogens is 2. The van der Waals surface area contributed by atoms with E-state index in [2.05, 4.69) is 182 Å². The largest absolute Gasteiger partial charge is 0.456 e. The van der Waals surface area contributed by atoms with Crippen molar-refractivity contribution in [3.8, 4) is 78.4 Å². The second-order valence-corrected chi connectivity index (χ2v) is 13.8. The molecule has 2 aromatic heterocycles. The molecule has 8 aromatic carbocycles. The molecule has 10 rings (SSSR count). The van der Waals surface area contributed by atoms with E-state index >= 15 is 0 Å². The third-order valence-corrected chi connectivity index (χ3v) is 10.3. The summed E-state index contributed by atoms with van der Waals surface area (Å²) < 4.78 is 6.31. The maximum Gasteiger partial charge on any atom is 0.160 e. The van der Waals surface area contributed by atoms with Gasteiger partial charge in [0.25, 0.3) is 0 Å². The van der Waals surface area contributed by atoms with Gasteiger partial charge in [0, 0.05) is 27.5 Å². The fourth-order valence-electron chi connectivity index (χ4n) is 7.43. The van der Waals surface area contributed by atoms with Gasteiger partial charge in [-0.3, -0.25) is 0 Å². The zero-order valence-corrected chi connectivity index (χ0v) is 29.9. The first kappa shape index (κ1) is 32.3. The second kappa shape index (κ2) is 13.9. The van der Waals surface area contributed by atoms with Crippen LogP contribution in [0.3, 0.4) is 0 Å². The van der Waals surface area contributed by atoms with E-state index in [1.165, 1.54) is 16.7 Å². The molecule has 258 valence electrons. The van der Waals surface area contributed by atoms with Gasteiger partial charge < -0.3 is 4.42 Å². The van der Waals surface area contributed by atoms with Crippen molar-refractivity contribution in [2.45, 2.75) is 0 Å². The van der Waals surface area contributed by atoms with E-state index in [4.69, 9.17) is 14.4 Å². The molecular formula is C52H34N2O. The van der Waals surface area contributed by atoms with Crippen LogP contribution in [-0.2, 0) is 0 Å². The van der Waals surface area contributed by atoms with Crippen LogP contribution in [0, 0.1) is 0 Å². The molecule has 3 nitrogen and oxygen atoms in total. The fraction of sp³-hybridized carbons (Fsp3) is 0. The van der Waals surface area contributed by atoms with Gasteiger partial charge in [-0.15, -0.1) is 0 Å². The van der Waals surface area contributed by atoms with E-state index in [0.29, 0.717) is 5.82 Å². The average molecular weight is 703 g/mol. The van der Waals surface area contributed by atoms with Crippen LogP contribution in [-0.4, -0.2) is 9.97 Å². The molecule has 0 saturated carbocycles. The smallest absolute Gasteiger partial charge is 0.160 e. The van der Waals surface area contributed by atoms with Crippen LogP contribution < -0.4 is 0 Å². The number of hydrogen-bond acceptors (Lipinski definition) is 3. The Morgan fingerprint density at radius 3 is 1.24 bits per heavy atom. The summed E-state index contributed by atoms with van der Waals surface area (Å²) in [6.45, 7) is 0. The van der Waals surface area contributed by atoms with Gasteiger partial charge in [-0.05, 0) is 87.0 Å². The summed E-state index contributed by atoms with van der Waals surface area (Å²) in [6, 6.07) is 72.3. The van der Waals surface area contributed by atoms with Crippen LogP contribution in [0.25, 0.3) is 100 Å². The fourth-order valence-corrected chi connectivity index (χ4v) is 7.43. The maximum atomic E-state index is 6.31. The van der Waals surface area contributed by atoms with Crippen LogP contribution in [0.5, 0.6) is 0 Å². The van der Waals surface area contributed by atoms with Crippen molar-refractivity contribution in [3.05, 3.63) is 206 Å². The lowest BCUT2D eigenvalue weighted by Gasteiger charge is -2.14. The summed E-state index contributed by atoms with van der Waals surface area (Å²) in [5.41, 5.74) is 15.6. The first-order valence-electron chi connectivity index (χ1n) is 18.6. The normalized spacial score (nSPS) is 11.3. The van der Waals surface area contributed by atoms with E-state index in [-0.39, 0.29) is 0 Å². The van der Waals surface area contributed by atoms with Crippen molar-refractivity contribution >= 4 is 21.9 Å². The van der Waals surface area contributed by atoms with Crippen molar-refractivity contribution in [3.63, 3.8) is 0 Å². The van der Waals surface area contributed by atoms with Gasteiger partial charge in [0.1, 0.15) is 11.2 Å². The minimum Gasteiger partial charge on any atom is -0.456 e. The molecule has 0 N–H and O–H groups in total. The molecule has 55 heavy (non-hydrogen) atoms. The molecule has 0 atom stereocenters. The third kappa shape index (κ3) is 6.39. The molecule has 0 aliphatic heterocycles. The number of nitrogens with zero attached hydrogens (tertiary/aromatic N) is 2. The van der Waals surface area contributed by atoms with Crippen molar-refractivity contribution in [2.75, 3.05) is 0 Å². The van der Waals surface area contributed by atoms with E-state index in [1.54, 1.807) is 0 Å². The highest BCUT2D eigenvalue weighted by Crippen LogP contribution is 2.37.